The van der Waals surface area contributed by atoms with E-state index >= 15 is 0 Å². The minimum absolute atomic E-state index is 0.0968. The first-order valence-electron chi connectivity index (χ1n) is 8.55. The van der Waals surface area contributed by atoms with Crippen molar-refractivity contribution in [2.75, 3.05) is 10.6 Å². The molecule has 1 saturated carbocycles. The van der Waals surface area contributed by atoms with Crippen LogP contribution in [-0.4, -0.2) is 28.0 Å². The predicted octanol–water partition coefficient (Wildman–Crippen LogP) is 2.31. The van der Waals surface area contributed by atoms with Gasteiger partial charge in [0.1, 0.15) is 5.82 Å². The Morgan fingerprint density at radius 2 is 2.08 bits per heavy atom. The summed E-state index contributed by atoms with van der Waals surface area (Å²) in [6.07, 6.45) is 5.83. The monoisotopic (exact) mass is 340 g/mol. The van der Waals surface area contributed by atoms with Crippen molar-refractivity contribution in [1.29, 1.82) is 0 Å². The van der Waals surface area contributed by atoms with Crippen molar-refractivity contribution in [3.63, 3.8) is 0 Å². The Balaban J connectivity index is 1.85. The largest absolute Gasteiger partial charge is 0.364 e. The Bertz CT molecular complexity index is 763. The fourth-order valence-electron chi connectivity index (χ4n) is 3.11. The second-order valence-electron chi connectivity index (χ2n) is 6.51. The molecule has 7 heteroatoms. The van der Waals surface area contributed by atoms with Gasteiger partial charge in [0.25, 0.3) is 5.91 Å². The smallest absolute Gasteiger partial charge is 0.271 e. The van der Waals surface area contributed by atoms with Crippen LogP contribution < -0.4 is 22.1 Å². The number of nitrogens with one attached hydrogen (secondary N) is 2. The van der Waals surface area contributed by atoms with Crippen LogP contribution in [0.25, 0.3) is 0 Å². The lowest BCUT2D eigenvalue weighted by molar-refractivity contribution is 0.0996. The number of hydrogen-bond acceptors (Lipinski definition) is 6. The van der Waals surface area contributed by atoms with Crippen molar-refractivity contribution in [2.24, 2.45) is 11.5 Å². The number of aryl methyl sites for hydroxylation is 1. The zero-order chi connectivity index (χ0) is 17.8. The molecule has 1 fully saturated rings. The summed E-state index contributed by atoms with van der Waals surface area (Å²) in [4.78, 5) is 20.4. The second-order valence-corrected chi connectivity index (χ2v) is 6.51. The van der Waals surface area contributed by atoms with Crippen LogP contribution in [0, 0.1) is 6.92 Å². The molecule has 0 radical (unpaired) electrons. The van der Waals surface area contributed by atoms with Crippen molar-refractivity contribution in [2.45, 2.75) is 44.7 Å². The highest BCUT2D eigenvalue weighted by molar-refractivity contribution is 5.96. The van der Waals surface area contributed by atoms with Crippen molar-refractivity contribution in [3.05, 3.63) is 41.7 Å². The summed E-state index contributed by atoms with van der Waals surface area (Å²) in [5.41, 5.74) is 13.6. The van der Waals surface area contributed by atoms with Crippen LogP contribution in [0.15, 0.2) is 30.5 Å². The Kier molecular flexibility index (Phi) is 5.14. The summed E-state index contributed by atoms with van der Waals surface area (Å²) < 4.78 is 0. The molecule has 0 saturated heterocycles. The Hall–Kier alpha value is -2.67. The third-order valence-corrected chi connectivity index (χ3v) is 4.44. The fraction of sp³-hybridized carbons (Fsp3) is 0.389. The summed E-state index contributed by atoms with van der Waals surface area (Å²) in [6, 6.07) is 8.04. The van der Waals surface area contributed by atoms with Crippen LogP contribution >= 0.6 is 0 Å². The molecular weight excluding hydrogens is 316 g/mol. The Morgan fingerprint density at radius 3 is 2.80 bits per heavy atom. The molecule has 1 aromatic carbocycles. The highest BCUT2D eigenvalue weighted by Crippen LogP contribution is 2.23. The van der Waals surface area contributed by atoms with Crippen LogP contribution in [0.1, 0.15) is 41.7 Å². The van der Waals surface area contributed by atoms with E-state index in [2.05, 4.69) is 20.6 Å². The summed E-state index contributed by atoms with van der Waals surface area (Å²) >= 11 is 0. The molecule has 25 heavy (non-hydrogen) atoms. The van der Waals surface area contributed by atoms with Gasteiger partial charge in [0.2, 0.25) is 0 Å². The number of primary amides is 1. The van der Waals surface area contributed by atoms with E-state index in [4.69, 9.17) is 11.5 Å². The van der Waals surface area contributed by atoms with E-state index < -0.39 is 5.91 Å². The third kappa shape index (κ3) is 4.24. The normalized spacial score (nSPS) is 20.1. The van der Waals surface area contributed by atoms with Crippen LogP contribution in [0.3, 0.4) is 0 Å². The molecule has 3 rings (SSSR count). The van der Waals surface area contributed by atoms with Crippen LogP contribution in [0.2, 0.25) is 0 Å². The topological polar surface area (TPSA) is 119 Å². The molecular formula is C18H24N6O. The lowest BCUT2D eigenvalue weighted by Gasteiger charge is -2.29. The van der Waals surface area contributed by atoms with Crippen LogP contribution in [0.4, 0.5) is 17.3 Å². The first kappa shape index (κ1) is 17.2. The van der Waals surface area contributed by atoms with Gasteiger partial charge < -0.3 is 22.1 Å². The molecule has 7 nitrogen and oxygen atoms in total. The van der Waals surface area contributed by atoms with E-state index in [0.717, 1.165) is 36.9 Å². The molecule has 1 amide bonds. The molecule has 1 aliphatic rings. The summed E-state index contributed by atoms with van der Waals surface area (Å²) in [6.45, 7) is 1.99. The van der Waals surface area contributed by atoms with Gasteiger partial charge >= 0.3 is 0 Å². The number of aromatic nitrogens is 2. The van der Waals surface area contributed by atoms with Gasteiger partial charge in [-0.05, 0) is 37.5 Å². The van der Waals surface area contributed by atoms with Gasteiger partial charge in [-0.1, -0.05) is 25.0 Å². The zero-order valence-electron chi connectivity index (χ0n) is 14.3. The van der Waals surface area contributed by atoms with E-state index in [1.165, 1.54) is 6.20 Å². The minimum Gasteiger partial charge on any atom is -0.364 e. The van der Waals surface area contributed by atoms with Crippen molar-refractivity contribution in [1.82, 2.24) is 9.97 Å². The molecule has 0 unspecified atom stereocenters. The summed E-state index contributed by atoms with van der Waals surface area (Å²) in [7, 11) is 0. The zero-order valence-corrected chi connectivity index (χ0v) is 14.3. The average Bonchev–Trinajstić information content (AvgIpc) is 2.57. The van der Waals surface area contributed by atoms with Crippen LogP contribution in [-0.2, 0) is 0 Å². The molecule has 132 valence electrons. The lowest BCUT2D eigenvalue weighted by atomic mass is 9.91. The highest BCUT2D eigenvalue weighted by Gasteiger charge is 2.22. The molecule has 1 aliphatic carbocycles. The molecule has 6 N–H and O–H groups in total. The molecule has 1 heterocycles. The van der Waals surface area contributed by atoms with Gasteiger partial charge in [-0.2, -0.15) is 0 Å². The van der Waals surface area contributed by atoms with Gasteiger partial charge in [0, 0.05) is 17.8 Å². The molecule has 2 aromatic rings. The molecule has 0 spiro atoms. The molecule has 0 bridgehead atoms. The molecule has 2 atom stereocenters. The van der Waals surface area contributed by atoms with Gasteiger partial charge in [-0.3, -0.25) is 4.79 Å². The number of rotatable bonds is 5. The quantitative estimate of drug-likeness (QED) is 0.663. The number of amides is 1. The number of benzene rings is 1. The summed E-state index contributed by atoms with van der Waals surface area (Å²) in [5.74, 6) is 0.304. The first-order chi connectivity index (χ1) is 12.0. The first-order valence-corrected chi connectivity index (χ1v) is 8.55. The number of hydrogen-bond donors (Lipinski definition) is 4. The van der Waals surface area contributed by atoms with E-state index in [1.54, 1.807) is 0 Å². The number of carbonyl (C=O) groups excluding carboxylic acids is 1. The average molecular weight is 340 g/mol. The molecule has 1 aromatic heterocycles. The number of anilines is 3. The Morgan fingerprint density at radius 1 is 1.28 bits per heavy atom. The number of nitrogens with zero attached hydrogens (tertiary/aromatic N) is 2. The van der Waals surface area contributed by atoms with E-state index in [-0.39, 0.29) is 17.8 Å². The van der Waals surface area contributed by atoms with Crippen molar-refractivity contribution < 1.29 is 4.79 Å². The summed E-state index contributed by atoms with van der Waals surface area (Å²) in [5, 5.41) is 6.48. The standard InChI is InChI=1S/C18H24N6O/c1-11-5-4-6-12(9-11)22-18-16(17(20)25)21-10-15(24-18)23-14-8-3-2-7-13(14)19/h4-6,9-10,13-14H,2-3,7-8,19H2,1H3,(H2,20,25)(H2,22,23,24)/t13-,14+/m0/s1. The van der Waals surface area contributed by atoms with E-state index in [9.17, 15) is 4.79 Å². The van der Waals surface area contributed by atoms with Crippen LogP contribution in [0.5, 0.6) is 0 Å². The maximum absolute atomic E-state index is 11.7. The molecule has 0 aliphatic heterocycles. The van der Waals surface area contributed by atoms with E-state index in [0.29, 0.717) is 11.6 Å². The van der Waals surface area contributed by atoms with Crippen molar-refractivity contribution in [3.8, 4) is 0 Å². The van der Waals surface area contributed by atoms with Crippen molar-refractivity contribution >= 4 is 23.2 Å². The minimum atomic E-state index is -0.622. The second kappa shape index (κ2) is 7.48. The Labute approximate surface area is 147 Å². The van der Waals surface area contributed by atoms with E-state index in [1.807, 2.05) is 31.2 Å². The number of nitrogens with two attached hydrogens (primary N) is 2. The SMILES string of the molecule is Cc1cccc(Nc2nc(N[C@@H]3CCCC[C@@H]3N)cnc2C(N)=O)c1. The predicted molar refractivity (Wildman–Crippen MR) is 98.9 cm³/mol. The number of carbonyl (C=O) groups is 1. The highest BCUT2D eigenvalue weighted by atomic mass is 16.1. The third-order valence-electron chi connectivity index (χ3n) is 4.44. The maximum Gasteiger partial charge on any atom is 0.271 e. The van der Waals surface area contributed by atoms with Gasteiger partial charge in [-0.25, -0.2) is 9.97 Å². The maximum atomic E-state index is 11.7. The van der Waals surface area contributed by atoms with Gasteiger partial charge in [-0.15, -0.1) is 0 Å². The van der Waals surface area contributed by atoms with Gasteiger partial charge in [0.05, 0.1) is 6.20 Å². The van der Waals surface area contributed by atoms with Gasteiger partial charge in [0.15, 0.2) is 11.5 Å². The lowest BCUT2D eigenvalue weighted by Crippen LogP contribution is -2.42. The fourth-order valence-corrected chi connectivity index (χ4v) is 3.11.